The van der Waals surface area contributed by atoms with Gasteiger partial charge in [0.15, 0.2) is 0 Å². The first kappa shape index (κ1) is 9.67. The van der Waals surface area contributed by atoms with Crippen LogP contribution >= 0.6 is 22.6 Å². The Bertz CT molecular complexity index is 145. The summed E-state index contributed by atoms with van der Waals surface area (Å²) in [7, 11) is 0. The van der Waals surface area contributed by atoms with Crippen molar-refractivity contribution in [2.45, 2.75) is 6.42 Å². The van der Waals surface area contributed by atoms with Crippen molar-refractivity contribution in [2.75, 3.05) is 4.43 Å². The van der Waals surface area contributed by atoms with Gasteiger partial charge in [0.2, 0.25) is 0 Å². The normalized spacial score (nSPS) is 12.5. The van der Waals surface area contributed by atoms with Crippen LogP contribution in [0.3, 0.4) is 0 Å². The molecule has 0 rings (SSSR count). The van der Waals surface area contributed by atoms with Crippen molar-refractivity contribution in [1.29, 1.82) is 0 Å². The summed E-state index contributed by atoms with van der Waals surface area (Å²) in [5.41, 5.74) is 0. The Morgan fingerprint density at radius 3 is 2.00 bits per heavy atom. The molecule has 0 heterocycles. The standard InChI is InChI=1S/C5H7IO4/c6-2-3(5(9)10)1-4(7)8/h3H,1-2H2,(H,7,8)(H,9,10)/t3-/m0/s1. The maximum Gasteiger partial charge on any atom is 0.307 e. The van der Waals surface area contributed by atoms with Gasteiger partial charge < -0.3 is 10.2 Å². The van der Waals surface area contributed by atoms with E-state index < -0.39 is 17.9 Å². The van der Waals surface area contributed by atoms with Gasteiger partial charge in [-0.1, -0.05) is 22.6 Å². The van der Waals surface area contributed by atoms with Crippen molar-refractivity contribution < 1.29 is 19.8 Å². The molecule has 2 N–H and O–H groups in total. The van der Waals surface area contributed by atoms with Crippen LogP contribution in [-0.2, 0) is 9.59 Å². The van der Waals surface area contributed by atoms with Crippen LogP contribution in [0.15, 0.2) is 0 Å². The van der Waals surface area contributed by atoms with E-state index in [-0.39, 0.29) is 6.42 Å². The average molecular weight is 258 g/mol. The van der Waals surface area contributed by atoms with E-state index in [1.54, 1.807) is 0 Å². The Kier molecular flexibility index (Phi) is 4.33. The summed E-state index contributed by atoms with van der Waals surface area (Å²) >= 11 is 1.85. The monoisotopic (exact) mass is 258 g/mol. The first-order chi connectivity index (χ1) is 4.57. The Morgan fingerprint density at radius 1 is 1.40 bits per heavy atom. The molecule has 10 heavy (non-hydrogen) atoms. The molecule has 0 bridgehead atoms. The Hall–Kier alpha value is -0.330. The van der Waals surface area contributed by atoms with Crippen molar-refractivity contribution >= 4 is 34.5 Å². The molecule has 0 aliphatic carbocycles. The van der Waals surface area contributed by atoms with Crippen molar-refractivity contribution in [2.24, 2.45) is 5.92 Å². The van der Waals surface area contributed by atoms with Crippen LogP contribution in [-0.4, -0.2) is 26.6 Å². The van der Waals surface area contributed by atoms with E-state index in [9.17, 15) is 9.59 Å². The summed E-state index contributed by atoms with van der Waals surface area (Å²) in [4.78, 5) is 20.2. The third kappa shape index (κ3) is 3.65. The van der Waals surface area contributed by atoms with Crippen LogP contribution in [0.4, 0.5) is 0 Å². The maximum atomic E-state index is 10.2. The van der Waals surface area contributed by atoms with Crippen LogP contribution in [0.2, 0.25) is 0 Å². The average Bonchev–Trinajstić information content (AvgIpc) is 1.81. The minimum atomic E-state index is -1.07. The fourth-order valence-electron chi connectivity index (χ4n) is 0.419. The molecule has 0 amide bonds. The molecular formula is C5H7IO4. The summed E-state index contributed by atoms with van der Waals surface area (Å²) in [6.07, 6.45) is -0.293. The Labute approximate surface area is 71.4 Å². The molecule has 5 heteroatoms. The van der Waals surface area contributed by atoms with Gasteiger partial charge in [-0.15, -0.1) is 0 Å². The molecule has 0 saturated carbocycles. The zero-order chi connectivity index (χ0) is 8.15. The highest BCUT2D eigenvalue weighted by molar-refractivity contribution is 14.1. The third-order valence-electron chi connectivity index (χ3n) is 0.957. The smallest absolute Gasteiger partial charge is 0.307 e. The van der Waals surface area contributed by atoms with E-state index in [0.717, 1.165) is 0 Å². The van der Waals surface area contributed by atoms with E-state index in [0.29, 0.717) is 4.43 Å². The lowest BCUT2D eigenvalue weighted by molar-refractivity contribution is -0.147. The quantitative estimate of drug-likeness (QED) is 0.571. The van der Waals surface area contributed by atoms with Crippen LogP contribution in [0.1, 0.15) is 6.42 Å². The number of alkyl halides is 1. The summed E-state index contributed by atoms with van der Waals surface area (Å²) < 4.78 is 0.333. The zero-order valence-corrected chi connectivity index (χ0v) is 7.24. The molecule has 0 aromatic rings. The first-order valence-corrected chi connectivity index (χ1v) is 4.11. The van der Waals surface area contributed by atoms with Crippen LogP contribution < -0.4 is 0 Å². The largest absolute Gasteiger partial charge is 0.481 e. The van der Waals surface area contributed by atoms with Gasteiger partial charge in [0.25, 0.3) is 0 Å². The number of carboxylic acid groups (broad SMARTS) is 2. The lowest BCUT2D eigenvalue weighted by Crippen LogP contribution is -2.18. The molecule has 0 unspecified atom stereocenters. The summed E-state index contributed by atoms with van der Waals surface area (Å²) in [6.45, 7) is 0. The number of rotatable bonds is 4. The molecule has 0 aliphatic heterocycles. The highest BCUT2D eigenvalue weighted by Crippen LogP contribution is 2.06. The van der Waals surface area contributed by atoms with Gasteiger partial charge >= 0.3 is 11.9 Å². The molecule has 0 spiro atoms. The minimum Gasteiger partial charge on any atom is -0.481 e. The van der Waals surface area contributed by atoms with Crippen molar-refractivity contribution in [3.8, 4) is 0 Å². The Morgan fingerprint density at radius 2 is 1.90 bits per heavy atom. The van der Waals surface area contributed by atoms with Gasteiger partial charge in [-0.25, -0.2) is 0 Å². The van der Waals surface area contributed by atoms with Crippen molar-refractivity contribution in [3.63, 3.8) is 0 Å². The van der Waals surface area contributed by atoms with Crippen molar-refractivity contribution in [3.05, 3.63) is 0 Å². The number of hydrogen-bond donors (Lipinski definition) is 2. The van der Waals surface area contributed by atoms with Crippen molar-refractivity contribution in [1.82, 2.24) is 0 Å². The van der Waals surface area contributed by atoms with E-state index in [4.69, 9.17) is 10.2 Å². The predicted octanol–water partition coefficient (Wildman–Crippen LogP) is 0.597. The maximum absolute atomic E-state index is 10.2. The topological polar surface area (TPSA) is 74.6 Å². The van der Waals surface area contributed by atoms with Crippen LogP contribution in [0.25, 0.3) is 0 Å². The highest BCUT2D eigenvalue weighted by atomic mass is 127. The van der Waals surface area contributed by atoms with E-state index in [1.807, 2.05) is 22.6 Å². The molecule has 0 radical (unpaired) electrons. The summed E-state index contributed by atoms with van der Waals surface area (Å²) in [6, 6.07) is 0. The molecular weight excluding hydrogens is 251 g/mol. The lowest BCUT2D eigenvalue weighted by Gasteiger charge is -2.02. The number of aliphatic carboxylic acids is 2. The molecule has 1 atom stereocenters. The van der Waals surface area contributed by atoms with Gasteiger partial charge in [0, 0.05) is 4.43 Å². The fourth-order valence-corrected chi connectivity index (χ4v) is 1.11. The van der Waals surface area contributed by atoms with Crippen LogP contribution in [0, 0.1) is 5.92 Å². The van der Waals surface area contributed by atoms with Gasteiger partial charge in [-0.05, 0) is 0 Å². The fraction of sp³-hybridized carbons (Fsp3) is 0.600. The molecule has 0 saturated heterocycles. The molecule has 0 aromatic carbocycles. The second kappa shape index (κ2) is 4.48. The van der Waals surface area contributed by atoms with Gasteiger partial charge in [-0.3, -0.25) is 9.59 Å². The number of carboxylic acids is 2. The molecule has 0 aliphatic rings. The number of hydrogen-bond acceptors (Lipinski definition) is 2. The lowest BCUT2D eigenvalue weighted by atomic mass is 10.1. The third-order valence-corrected chi connectivity index (χ3v) is 2.02. The summed E-state index contributed by atoms with van der Waals surface area (Å²) in [5.74, 6) is -2.86. The summed E-state index contributed by atoms with van der Waals surface area (Å²) in [5, 5.41) is 16.6. The minimum absolute atomic E-state index is 0.293. The van der Waals surface area contributed by atoms with E-state index >= 15 is 0 Å². The first-order valence-electron chi connectivity index (χ1n) is 2.58. The predicted molar refractivity (Wildman–Crippen MR) is 42.3 cm³/mol. The highest BCUT2D eigenvalue weighted by Gasteiger charge is 2.18. The zero-order valence-electron chi connectivity index (χ0n) is 5.08. The van der Waals surface area contributed by atoms with Gasteiger partial charge in [-0.2, -0.15) is 0 Å². The van der Waals surface area contributed by atoms with Crippen LogP contribution in [0.5, 0.6) is 0 Å². The Balaban J connectivity index is 3.83. The number of carbonyl (C=O) groups is 2. The van der Waals surface area contributed by atoms with E-state index in [2.05, 4.69) is 0 Å². The second-order valence-electron chi connectivity index (χ2n) is 1.79. The van der Waals surface area contributed by atoms with Gasteiger partial charge in [0.05, 0.1) is 12.3 Å². The van der Waals surface area contributed by atoms with E-state index in [1.165, 1.54) is 0 Å². The SMILES string of the molecule is O=C(O)C[C@@H](CI)C(=O)O. The molecule has 4 nitrogen and oxygen atoms in total. The molecule has 0 fully saturated rings. The molecule has 0 aromatic heterocycles. The second-order valence-corrected chi connectivity index (χ2v) is 2.67. The number of halogens is 1. The van der Waals surface area contributed by atoms with Gasteiger partial charge in [0.1, 0.15) is 0 Å². The molecule has 58 valence electrons.